The molecule has 1 aromatic carbocycles. The van der Waals surface area contributed by atoms with Crippen molar-refractivity contribution in [2.45, 2.75) is 51.5 Å². The molecule has 0 unspecified atom stereocenters. The Morgan fingerprint density at radius 2 is 1.86 bits per heavy atom. The van der Waals surface area contributed by atoms with E-state index in [1.54, 1.807) is 0 Å². The minimum Gasteiger partial charge on any atom is -0.455 e. The molecule has 2 N–H and O–H groups in total. The molecule has 0 radical (unpaired) electrons. The fourth-order valence-electron chi connectivity index (χ4n) is 3.28. The predicted molar refractivity (Wildman–Crippen MR) is 112 cm³/mol. The minimum atomic E-state index is -0.845. The molecule has 29 heavy (non-hydrogen) atoms. The lowest BCUT2D eigenvalue weighted by atomic mass is 9.83. The number of benzene rings is 1. The number of carbonyl (C=O) groups is 3. The number of amides is 2. The van der Waals surface area contributed by atoms with Gasteiger partial charge in [-0.05, 0) is 38.3 Å². The van der Waals surface area contributed by atoms with Crippen LogP contribution in [0.2, 0.25) is 0 Å². The van der Waals surface area contributed by atoms with Gasteiger partial charge in [0.2, 0.25) is 5.91 Å². The number of ether oxygens (including phenoxy) is 1. The van der Waals surface area contributed by atoms with Gasteiger partial charge in [-0.15, -0.1) is 11.8 Å². The maximum absolute atomic E-state index is 12.0. The highest BCUT2D eigenvalue weighted by Gasteiger charge is 2.33. The zero-order chi connectivity index (χ0) is 21.3. The molecule has 0 aromatic heterocycles. The smallest absolute Gasteiger partial charge is 0.316 e. The van der Waals surface area contributed by atoms with E-state index in [1.165, 1.54) is 0 Å². The summed E-state index contributed by atoms with van der Waals surface area (Å²) in [6.45, 7) is 3.48. The van der Waals surface area contributed by atoms with Gasteiger partial charge in [0.25, 0.3) is 5.91 Å². The van der Waals surface area contributed by atoms with Gasteiger partial charge in [-0.2, -0.15) is 5.26 Å². The van der Waals surface area contributed by atoms with Crippen molar-refractivity contribution in [2.75, 3.05) is 23.4 Å². The summed E-state index contributed by atoms with van der Waals surface area (Å²) in [6, 6.07) is 7.94. The number of nitriles is 1. The van der Waals surface area contributed by atoms with Gasteiger partial charge < -0.3 is 15.4 Å². The quantitative estimate of drug-likeness (QED) is 0.630. The number of hydrogen-bond acceptors (Lipinski definition) is 6. The summed E-state index contributed by atoms with van der Waals surface area (Å²) in [7, 11) is 0. The van der Waals surface area contributed by atoms with Crippen molar-refractivity contribution in [1.29, 1.82) is 5.26 Å². The van der Waals surface area contributed by atoms with Crippen LogP contribution in [0.25, 0.3) is 0 Å². The zero-order valence-corrected chi connectivity index (χ0v) is 17.7. The van der Waals surface area contributed by atoms with Crippen LogP contribution >= 0.6 is 11.8 Å². The molecule has 1 aliphatic rings. The number of anilines is 1. The maximum Gasteiger partial charge on any atom is 0.316 e. The van der Waals surface area contributed by atoms with E-state index in [0.29, 0.717) is 12.8 Å². The highest BCUT2D eigenvalue weighted by molar-refractivity contribution is 8.00. The number of hydrogen-bond donors (Lipinski definition) is 2. The van der Waals surface area contributed by atoms with Gasteiger partial charge in [0.05, 0.1) is 17.6 Å². The minimum absolute atomic E-state index is 0.0308. The molecule has 8 heteroatoms. The summed E-state index contributed by atoms with van der Waals surface area (Å²) in [4.78, 5) is 35.8. The third-order valence-electron chi connectivity index (χ3n) is 4.77. The molecule has 7 nitrogen and oxygen atoms in total. The molecule has 0 atom stereocenters. The molecular weight excluding hydrogens is 390 g/mol. The monoisotopic (exact) mass is 417 g/mol. The average Bonchev–Trinajstić information content (AvgIpc) is 2.69. The normalized spacial score (nSPS) is 15.1. The van der Waals surface area contributed by atoms with Crippen molar-refractivity contribution >= 4 is 35.2 Å². The van der Waals surface area contributed by atoms with E-state index in [1.807, 2.05) is 32.0 Å². The molecule has 156 valence electrons. The third kappa shape index (κ3) is 7.42. The number of nitrogens with one attached hydrogen (secondary N) is 2. The van der Waals surface area contributed by atoms with Crippen LogP contribution < -0.4 is 10.6 Å². The van der Waals surface area contributed by atoms with Crippen LogP contribution in [-0.4, -0.2) is 41.4 Å². The van der Waals surface area contributed by atoms with Crippen molar-refractivity contribution < 1.29 is 19.1 Å². The first-order chi connectivity index (χ1) is 13.8. The van der Waals surface area contributed by atoms with Gasteiger partial charge in [-0.1, -0.05) is 37.0 Å². The second kappa shape index (κ2) is 10.9. The second-order valence-corrected chi connectivity index (χ2v) is 8.31. The van der Waals surface area contributed by atoms with Crippen LogP contribution in [0.1, 0.15) is 43.2 Å². The summed E-state index contributed by atoms with van der Waals surface area (Å²) in [5, 5.41) is 14.9. The van der Waals surface area contributed by atoms with E-state index in [4.69, 9.17) is 4.74 Å². The van der Waals surface area contributed by atoms with E-state index < -0.39 is 24.0 Å². The van der Waals surface area contributed by atoms with E-state index >= 15 is 0 Å². The van der Waals surface area contributed by atoms with E-state index in [0.717, 1.165) is 47.8 Å². The molecule has 0 saturated heterocycles. The zero-order valence-electron chi connectivity index (χ0n) is 16.9. The molecule has 2 rings (SSSR count). The number of rotatable bonds is 8. The van der Waals surface area contributed by atoms with Crippen molar-refractivity contribution in [3.63, 3.8) is 0 Å². The Labute approximate surface area is 175 Å². The summed E-state index contributed by atoms with van der Waals surface area (Å²) in [5.74, 6) is -1.18. The third-order valence-corrected chi connectivity index (χ3v) is 5.68. The average molecular weight is 418 g/mol. The Morgan fingerprint density at radius 3 is 2.52 bits per heavy atom. The summed E-state index contributed by atoms with van der Waals surface area (Å²) in [5.41, 5.74) is 1.99. The van der Waals surface area contributed by atoms with E-state index in [9.17, 15) is 19.6 Å². The number of esters is 1. The van der Waals surface area contributed by atoms with Crippen LogP contribution in [0.4, 0.5) is 5.69 Å². The highest BCUT2D eigenvalue weighted by Crippen LogP contribution is 2.27. The number of aryl methyl sites for hydroxylation is 2. The van der Waals surface area contributed by atoms with Gasteiger partial charge in [0, 0.05) is 5.69 Å². The number of nitrogens with zero attached hydrogens (tertiary/aromatic N) is 1. The molecule has 1 fully saturated rings. The molecule has 1 aliphatic carbocycles. The maximum atomic E-state index is 12.0. The molecule has 0 spiro atoms. The van der Waals surface area contributed by atoms with Crippen molar-refractivity contribution in [3.05, 3.63) is 29.3 Å². The first-order valence-electron chi connectivity index (χ1n) is 9.66. The first kappa shape index (κ1) is 22.8. The van der Waals surface area contributed by atoms with Crippen molar-refractivity contribution in [2.24, 2.45) is 0 Å². The van der Waals surface area contributed by atoms with Crippen LogP contribution in [0.15, 0.2) is 18.2 Å². The fraction of sp³-hybridized carbons (Fsp3) is 0.524. The largest absolute Gasteiger partial charge is 0.455 e. The molecule has 0 aliphatic heterocycles. The molecule has 1 saturated carbocycles. The topological polar surface area (TPSA) is 108 Å². The van der Waals surface area contributed by atoms with Crippen molar-refractivity contribution in [1.82, 2.24) is 5.32 Å². The van der Waals surface area contributed by atoms with Gasteiger partial charge in [0.15, 0.2) is 6.61 Å². The van der Waals surface area contributed by atoms with Crippen LogP contribution in [0.3, 0.4) is 0 Å². The first-order valence-corrected chi connectivity index (χ1v) is 10.8. The van der Waals surface area contributed by atoms with Gasteiger partial charge in [-0.25, -0.2) is 0 Å². The Morgan fingerprint density at radius 1 is 1.14 bits per heavy atom. The molecule has 0 bridgehead atoms. The Balaban J connectivity index is 1.65. The van der Waals surface area contributed by atoms with Crippen LogP contribution in [-0.2, 0) is 19.1 Å². The Hall–Kier alpha value is -2.53. The van der Waals surface area contributed by atoms with Gasteiger partial charge in [-0.3, -0.25) is 14.4 Å². The lowest BCUT2D eigenvalue weighted by Gasteiger charge is -2.31. The Kier molecular flexibility index (Phi) is 8.52. The summed E-state index contributed by atoms with van der Waals surface area (Å²) < 4.78 is 4.95. The lowest BCUT2D eigenvalue weighted by Crippen LogP contribution is -2.50. The fourth-order valence-corrected chi connectivity index (χ4v) is 3.89. The standard InChI is InChI=1S/C21H27N3O4S/c1-15-6-7-17(16(2)10-15)23-19(26)12-29-13-20(27)28-11-18(25)24-21(14-22)8-4-3-5-9-21/h6-7,10H,3-5,8-9,11-13H2,1-2H3,(H,23,26)(H,24,25). The highest BCUT2D eigenvalue weighted by atomic mass is 32.2. The molecule has 2 amide bonds. The van der Waals surface area contributed by atoms with Gasteiger partial charge >= 0.3 is 5.97 Å². The molecule has 1 aromatic rings. The van der Waals surface area contributed by atoms with Gasteiger partial charge in [0.1, 0.15) is 5.54 Å². The Bertz CT molecular complexity index is 798. The number of thioether (sulfide) groups is 1. The second-order valence-electron chi connectivity index (χ2n) is 7.32. The summed E-state index contributed by atoms with van der Waals surface area (Å²) >= 11 is 1.12. The lowest BCUT2D eigenvalue weighted by molar-refractivity contribution is -0.146. The van der Waals surface area contributed by atoms with E-state index in [2.05, 4.69) is 16.7 Å². The predicted octanol–water partition coefficient (Wildman–Crippen LogP) is 2.86. The van der Waals surface area contributed by atoms with Crippen LogP contribution in [0.5, 0.6) is 0 Å². The SMILES string of the molecule is Cc1ccc(NC(=O)CSCC(=O)OCC(=O)NC2(C#N)CCCCC2)c(C)c1. The number of carbonyl (C=O) groups excluding carboxylic acids is 3. The van der Waals surface area contributed by atoms with Crippen molar-refractivity contribution in [3.8, 4) is 6.07 Å². The van der Waals surface area contributed by atoms with E-state index in [-0.39, 0.29) is 17.4 Å². The van der Waals surface area contributed by atoms with Crippen LogP contribution in [0, 0.1) is 25.2 Å². The molecular formula is C21H27N3O4S. The molecule has 0 heterocycles. The summed E-state index contributed by atoms with van der Waals surface area (Å²) in [6.07, 6.45) is 4.09.